The van der Waals surface area contributed by atoms with E-state index in [1.807, 2.05) is 6.92 Å². The Kier molecular flexibility index (Phi) is 5.20. The fourth-order valence-electron chi connectivity index (χ4n) is 2.85. The molecule has 0 bridgehead atoms. The molecule has 0 aliphatic carbocycles. The number of benzene rings is 1. The first-order valence-corrected chi connectivity index (χ1v) is 8.74. The summed E-state index contributed by atoms with van der Waals surface area (Å²) in [6.45, 7) is 3.81. The molecule has 27 heavy (non-hydrogen) atoms. The monoisotopic (exact) mass is 371 g/mol. The Bertz CT molecular complexity index is 1100. The summed E-state index contributed by atoms with van der Waals surface area (Å²) in [5, 5.41) is 4.20. The zero-order valence-electron chi connectivity index (χ0n) is 15.5. The lowest BCUT2D eigenvalue weighted by molar-refractivity contribution is -0.131. The van der Waals surface area contributed by atoms with Crippen molar-refractivity contribution in [1.82, 2.24) is 24.2 Å². The standard InChI is InChI=1S/C18H21N5O4/c1-4-14-19-15(27-20-14)10-21(3)16(24)11-23-13-9-7-6-8-12(13)17(25)22(5-2)18(23)26/h6-9H,4-5,10-11H2,1-3H3. The minimum absolute atomic E-state index is 0.145. The van der Waals surface area contributed by atoms with Gasteiger partial charge < -0.3 is 9.42 Å². The van der Waals surface area contributed by atoms with Crippen molar-refractivity contribution in [2.24, 2.45) is 0 Å². The number of likely N-dealkylation sites (N-methyl/N-ethyl adjacent to an activating group) is 1. The fraction of sp³-hybridized carbons (Fsp3) is 0.389. The molecular weight excluding hydrogens is 350 g/mol. The molecular formula is C18H21N5O4. The van der Waals surface area contributed by atoms with Gasteiger partial charge in [-0.25, -0.2) is 4.79 Å². The highest BCUT2D eigenvalue weighted by molar-refractivity contribution is 5.81. The summed E-state index contributed by atoms with van der Waals surface area (Å²) in [6.07, 6.45) is 0.640. The van der Waals surface area contributed by atoms with Gasteiger partial charge in [-0.05, 0) is 19.1 Å². The second-order valence-electron chi connectivity index (χ2n) is 6.14. The Labute approximate surface area is 154 Å². The maximum Gasteiger partial charge on any atom is 0.331 e. The van der Waals surface area contributed by atoms with Crippen LogP contribution in [-0.4, -0.2) is 37.1 Å². The Balaban J connectivity index is 1.92. The van der Waals surface area contributed by atoms with Crippen LogP contribution in [0.5, 0.6) is 0 Å². The first-order chi connectivity index (χ1) is 13.0. The van der Waals surface area contributed by atoms with Crippen LogP contribution in [0.25, 0.3) is 10.9 Å². The van der Waals surface area contributed by atoms with Crippen molar-refractivity contribution >= 4 is 16.8 Å². The smallest absolute Gasteiger partial charge is 0.331 e. The quantitative estimate of drug-likeness (QED) is 0.635. The topological polar surface area (TPSA) is 103 Å². The number of fused-ring (bicyclic) bond motifs is 1. The van der Waals surface area contributed by atoms with Crippen LogP contribution in [0.3, 0.4) is 0 Å². The summed E-state index contributed by atoms with van der Waals surface area (Å²) in [4.78, 5) is 43.4. The number of aromatic nitrogens is 4. The van der Waals surface area contributed by atoms with Gasteiger partial charge in [0, 0.05) is 20.0 Å². The molecule has 0 aliphatic rings. The normalized spacial score (nSPS) is 11.1. The summed E-state index contributed by atoms with van der Waals surface area (Å²) in [6, 6.07) is 6.77. The van der Waals surface area contributed by atoms with Gasteiger partial charge in [0.05, 0.1) is 17.4 Å². The number of nitrogens with zero attached hydrogens (tertiary/aromatic N) is 5. The average molecular weight is 371 g/mol. The van der Waals surface area contributed by atoms with Gasteiger partial charge in [0.25, 0.3) is 5.56 Å². The molecule has 0 spiro atoms. The molecule has 1 amide bonds. The van der Waals surface area contributed by atoms with Crippen LogP contribution in [0.1, 0.15) is 25.6 Å². The molecule has 0 radical (unpaired) electrons. The first-order valence-electron chi connectivity index (χ1n) is 8.74. The lowest BCUT2D eigenvalue weighted by Gasteiger charge is -2.17. The molecule has 0 atom stereocenters. The average Bonchev–Trinajstić information content (AvgIpc) is 3.13. The predicted octanol–water partition coefficient (Wildman–Crippen LogP) is 0.787. The lowest BCUT2D eigenvalue weighted by atomic mass is 10.2. The zero-order chi connectivity index (χ0) is 19.6. The number of carbonyl (C=O) groups excluding carboxylic acids is 1. The summed E-state index contributed by atoms with van der Waals surface area (Å²) in [7, 11) is 1.60. The van der Waals surface area contributed by atoms with E-state index < -0.39 is 5.69 Å². The molecule has 0 saturated heterocycles. The van der Waals surface area contributed by atoms with Crippen LogP contribution in [0, 0.1) is 0 Å². The van der Waals surface area contributed by atoms with E-state index in [1.54, 1.807) is 38.2 Å². The third-order valence-electron chi connectivity index (χ3n) is 4.37. The van der Waals surface area contributed by atoms with Gasteiger partial charge in [-0.15, -0.1) is 0 Å². The van der Waals surface area contributed by atoms with E-state index in [0.29, 0.717) is 29.0 Å². The lowest BCUT2D eigenvalue weighted by Crippen LogP contribution is -2.42. The molecule has 9 heteroatoms. The number of rotatable bonds is 6. The van der Waals surface area contributed by atoms with Crippen LogP contribution < -0.4 is 11.2 Å². The zero-order valence-corrected chi connectivity index (χ0v) is 15.5. The molecule has 142 valence electrons. The number of hydrogen-bond acceptors (Lipinski definition) is 6. The molecule has 9 nitrogen and oxygen atoms in total. The fourth-order valence-corrected chi connectivity index (χ4v) is 2.85. The van der Waals surface area contributed by atoms with E-state index in [-0.39, 0.29) is 31.1 Å². The van der Waals surface area contributed by atoms with Crippen molar-refractivity contribution in [3.05, 3.63) is 56.8 Å². The minimum Gasteiger partial charge on any atom is -0.337 e. The highest BCUT2D eigenvalue weighted by Gasteiger charge is 2.18. The maximum absolute atomic E-state index is 12.7. The number of amides is 1. The third-order valence-corrected chi connectivity index (χ3v) is 4.37. The Morgan fingerprint density at radius 2 is 1.93 bits per heavy atom. The van der Waals surface area contributed by atoms with Crippen molar-refractivity contribution in [2.45, 2.75) is 39.9 Å². The number of carbonyl (C=O) groups is 1. The molecule has 0 saturated carbocycles. The maximum atomic E-state index is 12.7. The molecule has 2 aromatic heterocycles. The summed E-state index contributed by atoms with van der Waals surface area (Å²) < 4.78 is 7.55. The van der Waals surface area contributed by atoms with E-state index in [4.69, 9.17) is 4.52 Å². The molecule has 0 fully saturated rings. The number of aryl methyl sites for hydroxylation is 1. The largest absolute Gasteiger partial charge is 0.337 e. The summed E-state index contributed by atoms with van der Waals surface area (Å²) in [5.41, 5.74) is -0.424. The van der Waals surface area contributed by atoms with Crippen molar-refractivity contribution in [1.29, 1.82) is 0 Å². The van der Waals surface area contributed by atoms with E-state index in [2.05, 4.69) is 10.1 Å². The van der Waals surface area contributed by atoms with Crippen molar-refractivity contribution in [3.8, 4) is 0 Å². The highest BCUT2D eigenvalue weighted by atomic mass is 16.5. The number of hydrogen-bond donors (Lipinski definition) is 0. The third kappa shape index (κ3) is 3.53. The minimum atomic E-state index is -0.506. The van der Waals surface area contributed by atoms with Crippen molar-refractivity contribution in [2.75, 3.05) is 7.05 Å². The van der Waals surface area contributed by atoms with Gasteiger partial charge in [0.2, 0.25) is 11.8 Å². The molecule has 0 unspecified atom stereocenters. The highest BCUT2D eigenvalue weighted by Crippen LogP contribution is 2.09. The van der Waals surface area contributed by atoms with E-state index >= 15 is 0 Å². The molecule has 0 aliphatic heterocycles. The summed E-state index contributed by atoms with van der Waals surface area (Å²) >= 11 is 0. The summed E-state index contributed by atoms with van der Waals surface area (Å²) in [5.74, 6) is 0.598. The molecule has 0 N–H and O–H groups in total. The van der Waals surface area contributed by atoms with Crippen LogP contribution in [0.15, 0.2) is 38.4 Å². The van der Waals surface area contributed by atoms with E-state index in [9.17, 15) is 14.4 Å². The van der Waals surface area contributed by atoms with Crippen LogP contribution in [0.2, 0.25) is 0 Å². The van der Waals surface area contributed by atoms with Crippen LogP contribution in [-0.2, 0) is 30.8 Å². The Morgan fingerprint density at radius 1 is 1.19 bits per heavy atom. The van der Waals surface area contributed by atoms with Crippen LogP contribution in [0.4, 0.5) is 0 Å². The van der Waals surface area contributed by atoms with Gasteiger partial charge >= 0.3 is 5.69 Å². The SMILES string of the molecule is CCc1noc(CN(C)C(=O)Cn2c(=O)n(CC)c(=O)c3ccccc32)n1. The van der Waals surface area contributed by atoms with Gasteiger partial charge in [0.15, 0.2) is 5.82 Å². The number of para-hydroxylation sites is 1. The Morgan fingerprint density at radius 3 is 2.59 bits per heavy atom. The van der Waals surface area contributed by atoms with Crippen molar-refractivity contribution < 1.29 is 9.32 Å². The van der Waals surface area contributed by atoms with Gasteiger partial charge in [-0.1, -0.05) is 24.2 Å². The Hall–Kier alpha value is -3.23. The van der Waals surface area contributed by atoms with Gasteiger partial charge in [-0.2, -0.15) is 4.98 Å². The molecule has 2 heterocycles. The van der Waals surface area contributed by atoms with E-state index in [0.717, 1.165) is 4.57 Å². The second-order valence-corrected chi connectivity index (χ2v) is 6.14. The molecule has 1 aromatic carbocycles. The van der Waals surface area contributed by atoms with E-state index in [1.165, 1.54) is 9.47 Å². The van der Waals surface area contributed by atoms with Gasteiger partial charge in [0.1, 0.15) is 6.54 Å². The van der Waals surface area contributed by atoms with Crippen molar-refractivity contribution in [3.63, 3.8) is 0 Å². The predicted molar refractivity (Wildman–Crippen MR) is 98.3 cm³/mol. The first kappa shape index (κ1) is 18.6. The second kappa shape index (κ2) is 7.56. The molecule has 3 aromatic rings. The van der Waals surface area contributed by atoms with Crippen LogP contribution >= 0.6 is 0 Å². The van der Waals surface area contributed by atoms with Gasteiger partial charge in [-0.3, -0.25) is 18.7 Å². The molecule has 3 rings (SSSR count).